The van der Waals surface area contributed by atoms with Crippen LogP contribution in [0, 0.1) is 0 Å². The predicted octanol–water partition coefficient (Wildman–Crippen LogP) is 0.785. The first-order valence-electron chi connectivity index (χ1n) is 6.92. The molecule has 0 bridgehead atoms. The summed E-state index contributed by atoms with van der Waals surface area (Å²) in [6.45, 7) is 0. The van der Waals surface area contributed by atoms with Gasteiger partial charge in [0.1, 0.15) is 0 Å². The van der Waals surface area contributed by atoms with E-state index in [4.69, 9.17) is 5.84 Å². The van der Waals surface area contributed by atoms with Gasteiger partial charge in [-0.25, -0.2) is 4.98 Å². The van der Waals surface area contributed by atoms with Crippen molar-refractivity contribution in [3.05, 3.63) is 75.3 Å². The lowest BCUT2D eigenvalue weighted by molar-refractivity contribution is 0.783. The van der Waals surface area contributed by atoms with Gasteiger partial charge in [-0.05, 0) is 12.1 Å². The molecular formula is C16H11N5O2. The van der Waals surface area contributed by atoms with E-state index in [1.165, 1.54) is 0 Å². The Morgan fingerprint density at radius 1 is 0.870 bits per heavy atom. The molecule has 0 saturated carbocycles. The van der Waals surface area contributed by atoms with Gasteiger partial charge >= 0.3 is 0 Å². The van der Waals surface area contributed by atoms with Gasteiger partial charge in [0, 0.05) is 5.56 Å². The summed E-state index contributed by atoms with van der Waals surface area (Å²) in [5, 5.41) is 4.60. The maximum Gasteiger partial charge on any atom is 0.300 e. The third kappa shape index (κ3) is 1.90. The summed E-state index contributed by atoms with van der Waals surface area (Å²) in [6.07, 6.45) is 0. The molecule has 0 aliphatic rings. The van der Waals surface area contributed by atoms with Crippen molar-refractivity contribution >= 4 is 16.7 Å². The molecule has 0 radical (unpaired) electrons. The minimum Gasteiger partial charge on any atom is -0.333 e. The van der Waals surface area contributed by atoms with Crippen molar-refractivity contribution in [2.45, 2.75) is 0 Å². The standard InChI is InChI=1S/C16H11N5O2/c17-20-15(23)13(10-6-2-1-3-7-10)19-21-14(22)11-8-4-5-9-12(11)18-16(20)21/h1-9H,17H2. The topological polar surface area (TPSA) is 95.3 Å². The van der Waals surface area contributed by atoms with Crippen molar-refractivity contribution in [3.8, 4) is 11.3 Å². The average Bonchev–Trinajstić information content (AvgIpc) is 2.60. The summed E-state index contributed by atoms with van der Waals surface area (Å²) in [6, 6.07) is 15.7. The molecule has 23 heavy (non-hydrogen) atoms. The first-order chi connectivity index (χ1) is 11.2. The number of rotatable bonds is 1. The Bertz CT molecular complexity index is 1160. The highest BCUT2D eigenvalue weighted by Crippen LogP contribution is 2.12. The summed E-state index contributed by atoms with van der Waals surface area (Å²) >= 11 is 0. The second-order valence-electron chi connectivity index (χ2n) is 5.04. The van der Waals surface area contributed by atoms with E-state index in [-0.39, 0.29) is 17.0 Å². The number of nitrogens with zero attached hydrogens (tertiary/aromatic N) is 4. The zero-order valence-electron chi connectivity index (χ0n) is 11.9. The van der Waals surface area contributed by atoms with Crippen LogP contribution in [0.4, 0.5) is 0 Å². The molecule has 0 aliphatic heterocycles. The summed E-state index contributed by atoms with van der Waals surface area (Å²) in [5.74, 6) is 5.86. The summed E-state index contributed by atoms with van der Waals surface area (Å²) in [7, 11) is 0. The SMILES string of the molecule is Nn1c(=O)c(-c2ccccc2)nn2c(=O)c3ccccc3nc12. The minimum absolute atomic E-state index is 0.00150. The van der Waals surface area contributed by atoms with Gasteiger partial charge in [0.2, 0.25) is 0 Å². The smallest absolute Gasteiger partial charge is 0.300 e. The van der Waals surface area contributed by atoms with Crippen LogP contribution in [0.15, 0.2) is 64.2 Å². The lowest BCUT2D eigenvalue weighted by Crippen LogP contribution is -2.36. The number of nitrogens with two attached hydrogens (primary N) is 1. The second kappa shape index (κ2) is 4.77. The third-order valence-corrected chi connectivity index (χ3v) is 3.62. The highest BCUT2D eigenvalue weighted by atomic mass is 16.1. The first kappa shape index (κ1) is 13.2. The maximum atomic E-state index is 12.6. The largest absolute Gasteiger partial charge is 0.333 e. The number of benzene rings is 2. The molecule has 7 nitrogen and oxygen atoms in total. The van der Waals surface area contributed by atoms with E-state index < -0.39 is 5.56 Å². The van der Waals surface area contributed by atoms with Crippen LogP contribution in [0.3, 0.4) is 0 Å². The molecule has 0 unspecified atom stereocenters. The molecule has 112 valence electrons. The molecule has 0 fully saturated rings. The van der Waals surface area contributed by atoms with Crippen molar-refractivity contribution in [2.75, 3.05) is 5.84 Å². The number of fused-ring (bicyclic) bond motifs is 2. The van der Waals surface area contributed by atoms with Crippen LogP contribution in [0.25, 0.3) is 27.9 Å². The molecule has 2 N–H and O–H groups in total. The molecule has 2 aromatic carbocycles. The number of hydrogen-bond acceptors (Lipinski definition) is 5. The van der Waals surface area contributed by atoms with Crippen LogP contribution < -0.4 is 17.0 Å². The predicted molar refractivity (Wildman–Crippen MR) is 86.6 cm³/mol. The highest BCUT2D eigenvalue weighted by Gasteiger charge is 2.15. The molecule has 2 heterocycles. The van der Waals surface area contributed by atoms with E-state index in [1.54, 1.807) is 48.5 Å². The maximum absolute atomic E-state index is 12.6. The molecular weight excluding hydrogens is 294 g/mol. The highest BCUT2D eigenvalue weighted by molar-refractivity contribution is 5.79. The molecule has 0 spiro atoms. The summed E-state index contributed by atoms with van der Waals surface area (Å²) in [5.41, 5.74) is 0.254. The van der Waals surface area contributed by atoms with Crippen molar-refractivity contribution in [1.29, 1.82) is 0 Å². The molecule has 0 aliphatic carbocycles. The average molecular weight is 305 g/mol. The Kier molecular flexibility index (Phi) is 2.74. The van der Waals surface area contributed by atoms with Crippen LogP contribution >= 0.6 is 0 Å². The van der Waals surface area contributed by atoms with E-state index in [9.17, 15) is 9.59 Å². The number of aromatic nitrogens is 4. The summed E-state index contributed by atoms with van der Waals surface area (Å²) < 4.78 is 1.91. The lowest BCUT2D eigenvalue weighted by atomic mass is 10.2. The van der Waals surface area contributed by atoms with Crippen molar-refractivity contribution < 1.29 is 0 Å². The summed E-state index contributed by atoms with van der Waals surface area (Å²) in [4.78, 5) is 29.3. The van der Waals surface area contributed by atoms with Crippen LogP contribution in [-0.4, -0.2) is 19.3 Å². The quantitative estimate of drug-likeness (QED) is 0.414. The van der Waals surface area contributed by atoms with Gasteiger partial charge in [-0.15, -0.1) is 0 Å². The van der Waals surface area contributed by atoms with Crippen molar-refractivity contribution in [1.82, 2.24) is 19.3 Å². The van der Waals surface area contributed by atoms with E-state index in [0.29, 0.717) is 16.5 Å². The van der Waals surface area contributed by atoms with Gasteiger partial charge < -0.3 is 5.84 Å². The van der Waals surface area contributed by atoms with E-state index in [2.05, 4.69) is 10.1 Å². The molecule has 7 heteroatoms. The lowest BCUT2D eigenvalue weighted by Gasteiger charge is -2.08. The second-order valence-corrected chi connectivity index (χ2v) is 5.04. The Labute approximate surface area is 129 Å². The van der Waals surface area contributed by atoms with Gasteiger partial charge in [0.25, 0.3) is 16.9 Å². The minimum atomic E-state index is -0.515. The number of nitrogen functional groups attached to an aromatic ring is 1. The fourth-order valence-corrected chi connectivity index (χ4v) is 2.48. The van der Waals surface area contributed by atoms with Gasteiger partial charge in [0.15, 0.2) is 5.69 Å². The normalized spacial score (nSPS) is 11.1. The van der Waals surface area contributed by atoms with Crippen molar-refractivity contribution in [2.24, 2.45) is 0 Å². The molecule has 0 atom stereocenters. The Morgan fingerprint density at radius 3 is 2.35 bits per heavy atom. The van der Waals surface area contributed by atoms with Gasteiger partial charge in [-0.2, -0.15) is 14.3 Å². The third-order valence-electron chi connectivity index (χ3n) is 3.62. The van der Waals surface area contributed by atoms with Gasteiger partial charge in [-0.3, -0.25) is 9.59 Å². The van der Waals surface area contributed by atoms with Gasteiger partial charge in [-0.1, -0.05) is 42.5 Å². The van der Waals surface area contributed by atoms with E-state index in [1.807, 2.05) is 6.07 Å². The Hall–Kier alpha value is -3.48. The first-order valence-corrected chi connectivity index (χ1v) is 6.92. The molecule has 0 amide bonds. The monoisotopic (exact) mass is 305 g/mol. The van der Waals surface area contributed by atoms with E-state index >= 15 is 0 Å². The molecule has 0 saturated heterocycles. The molecule has 2 aromatic heterocycles. The van der Waals surface area contributed by atoms with E-state index in [0.717, 1.165) is 9.19 Å². The van der Waals surface area contributed by atoms with Crippen LogP contribution in [0.5, 0.6) is 0 Å². The fourth-order valence-electron chi connectivity index (χ4n) is 2.48. The Balaban J connectivity index is 2.19. The van der Waals surface area contributed by atoms with Crippen LogP contribution in [0.2, 0.25) is 0 Å². The van der Waals surface area contributed by atoms with Crippen LogP contribution in [0.1, 0.15) is 0 Å². The van der Waals surface area contributed by atoms with Gasteiger partial charge in [0.05, 0.1) is 10.9 Å². The molecule has 4 rings (SSSR count). The zero-order chi connectivity index (χ0) is 16.0. The molecule has 4 aromatic rings. The van der Waals surface area contributed by atoms with Crippen molar-refractivity contribution in [3.63, 3.8) is 0 Å². The Morgan fingerprint density at radius 2 is 1.57 bits per heavy atom. The number of hydrogen-bond donors (Lipinski definition) is 1. The van der Waals surface area contributed by atoms with Crippen LogP contribution in [-0.2, 0) is 0 Å². The fraction of sp³-hybridized carbons (Fsp3) is 0. The zero-order valence-corrected chi connectivity index (χ0v) is 11.9. The number of para-hydroxylation sites is 1.